The first-order chi connectivity index (χ1) is 11.4. The Morgan fingerprint density at radius 1 is 0.731 bits per heavy atom. The molecule has 2 aliphatic heterocycles. The molecule has 2 aliphatic rings. The first-order valence-corrected chi connectivity index (χ1v) is 9.51. The number of carbonyl (C=O) groups excluding carboxylic acids is 2. The fourth-order valence-electron chi connectivity index (χ4n) is 3.67. The fraction of sp³-hybridized carbons (Fsp3) is 0.778. The highest BCUT2D eigenvalue weighted by molar-refractivity contribution is 7.80. The maximum atomic E-state index is 13.4. The minimum Gasteiger partial charge on any atom is -0.325 e. The Hall–Kier alpha value is -1.28. The Kier molecular flexibility index (Phi) is 4.54. The summed E-state index contributed by atoms with van der Waals surface area (Å²) in [5.41, 5.74) is -3.11. The SMILES string of the molecule is CN1C(=S)N(C(=O)C(C)(C)C)C2(C)N(C(=O)C(C)(C)C)C(=S)N(C)C12C. The molecular formula is C18H30N4O2S2. The molecule has 0 spiro atoms. The van der Waals surface area contributed by atoms with Crippen molar-refractivity contribution in [2.45, 2.75) is 66.7 Å². The molecular weight excluding hydrogens is 368 g/mol. The summed E-state index contributed by atoms with van der Waals surface area (Å²) in [4.78, 5) is 33.6. The lowest BCUT2D eigenvalue weighted by atomic mass is 9.88. The molecule has 6 nitrogen and oxygen atoms in total. The fourth-order valence-corrected chi connectivity index (χ4v) is 4.55. The largest absolute Gasteiger partial charge is 0.325 e. The number of hydrogen-bond acceptors (Lipinski definition) is 4. The van der Waals surface area contributed by atoms with E-state index in [-0.39, 0.29) is 11.8 Å². The van der Waals surface area contributed by atoms with Crippen LogP contribution in [-0.4, -0.2) is 67.1 Å². The van der Waals surface area contributed by atoms with Crippen molar-refractivity contribution < 1.29 is 9.59 Å². The van der Waals surface area contributed by atoms with Gasteiger partial charge in [-0.05, 0) is 38.3 Å². The van der Waals surface area contributed by atoms with E-state index in [9.17, 15) is 9.59 Å². The molecule has 0 bridgehead atoms. The molecule has 0 unspecified atom stereocenters. The van der Waals surface area contributed by atoms with E-state index in [1.165, 1.54) is 0 Å². The van der Waals surface area contributed by atoms with Crippen molar-refractivity contribution in [3.63, 3.8) is 0 Å². The minimum absolute atomic E-state index is 0.134. The van der Waals surface area contributed by atoms with E-state index in [0.717, 1.165) is 0 Å². The van der Waals surface area contributed by atoms with E-state index in [1.807, 2.05) is 79.3 Å². The monoisotopic (exact) mass is 398 g/mol. The van der Waals surface area contributed by atoms with E-state index in [1.54, 1.807) is 9.80 Å². The van der Waals surface area contributed by atoms with Gasteiger partial charge in [-0.25, -0.2) is 0 Å². The molecule has 2 rings (SSSR count). The van der Waals surface area contributed by atoms with Gasteiger partial charge in [-0.1, -0.05) is 41.5 Å². The van der Waals surface area contributed by atoms with Crippen molar-refractivity contribution in [1.29, 1.82) is 0 Å². The summed E-state index contributed by atoms with van der Waals surface area (Å²) in [5, 5.41) is 0.798. The Morgan fingerprint density at radius 2 is 1.00 bits per heavy atom. The Labute approximate surface area is 167 Å². The Balaban J connectivity index is 2.79. The summed E-state index contributed by atoms with van der Waals surface area (Å²) in [7, 11) is 3.70. The van der Waals surface area contributed by atoms with E-state index in [0.29, 0.717) is 10.2 Å². The third kappa shape index (κ3) is 2.34. The number of amides is 2. The van der Waals surface area contributed by atoms with E-state index < -0.39 is 22.2 Å². The zero-order valence-corrected chi connectivity index (χ0v) is 19.1. The van der Waals surface area contributed by atoms with Gasteiger partial charge in [0.1, 0.15) is 0 Å². The normalized spacial score (nSPS) is 29.6. The molecule has 0 aromatic carbocycles. The predicted octanol–water partition coefficient (Wildman–Crippen LogP) is 2.63. The summed E-state index contributed by atoms with van der Waals surface area (Å²) < 4.78 is 0. The van der Waals surface area contributed by atoms with Gasteiger partial charge in [0.2, 0.25) is 11.8 Å². The Morgan fingerprint density at radius 3 is 1.23 bits per heavy atom. The van der Waals surface area contributed by atoms with Crippen LogP contribution in [0.25, 0.3) is 0 Å². The lowest BCUT2D eigenvalue weighted by Crippen LogP contribution is -2.67. The van der Waals surface area contributed by atoms with Gasteiger partial charge in [0.15, 0.2) is 21.6 Å². The average Bonchev–Trinajstić information content (AvgIpc) is 2.72. The highest BCUT2D eigenvalue weighted by Crippen LogP contribution is 2.52. The van der Waals surface area contributed by atoms with Gasteiger partial charge in [0.05, 0.1) is 0 Å². The number of likely N-dealkylation sites (N-methyl/N-ethyl adjacent to an activating group) is 2. The van der Waals surface area contributed by atoms with Crippen LogP contribution in [0.3, 0.4) is 0 Å². The molecule has 0 radical (unpaired) electrons. The zero-order chi connectivity index (χ0) is 20.6. The van der Waals surface area contributed by atoms with Crippen LogP contribution in [0.2, 0.25) is 0 Å². The van der Waals surface area contributed by atoms with Crippen molar-refractivity contribution in [1.82, 2.24) is 19.6 Å². The number of nitrogens with zero attached hydrogens (tertiary/aromatic N) is 4. The summed E-state index contributed by atoms with van der Waals surface area (Å²) in [6.45, 7) is 15.0. The molecule has 0 aromatic rings. The molecule has 0 aromatic heterocycles. The number of thiocarbonyl (C=S) groups is 2. The molecule has 0 atom stereocenters. The molecule has 2 fully saturated rings. The number of carbonyl (C=O) groups is 2. The molecule has 2 amide bonds. The third-order valence-corrected chi connectivity index (χ3v) is 6.63. The first-order valence-electron chi connectivity index (χ1n) is 8.70. The van der Waals surface area contributed by atoms with Crippen LogP contribution in [0.4, 0.5) is 0 Å². The van der Waals surface area contributed by atoms with E-state index in [4.69, 9.17) is 24.4 Å². The third-order valence-electron chi connectivity index (χ3n) is 5.72. The summed E-state index contributed by atoms with van der Waals surface area (Å²) in [5.74, 6) is -0.268. The highest BCUT2D eigenvalue weighted by atomic mass is 32.1. The summed E-state index contributed by atoms with van der Waals surface area (Å²) in [6, 6.07) is 0. The van der Waals surface area contributed by atoms with Crippen LogP contribution in [-0.2, 0) is 9.59 Å². The topological polar surface area (TPSA) is 47.1 Å². The molecule has 2 heterocycles. The van der Waals surface area contributed by atoms with E-state index in [2.05, 4.69) is 0 Å². The van der Waals surface area contributed by atoms with Crippen molar-refractivity contribution in [3.05, 3.63) is 0 Å². The van der Waals surface area contributed by atoms with Gasteiger partial charge in [0, 0.05) is 24.9 Å². The van der Waals surface area contributed by atoms with Gasteiger partial charge in [-0.2, -0.15) is 0 Å². The van der Waals surface area contributed by atoms with Crippen LogP contribution in [0.5, 0.6) is 0 Å². The van der Waals surface area contributed by atoms with Crippen LogP contribution in [0.1, 0.15) is 55.4 Å². The number of fused-ring (bicyclic) bond motifs is 1. The van der Waals surface area contributed by atoms with Crippen LogP contribution in [0.15, 0.2) is 0 Å². The second-order valence-electron chi connectivity index (χ2n) is 9.51. The van der Waals surface area contributed by atoms with Gasteiger partial charge < -0.3 is 9.80 Å². The first kappa shape index (κ1) is 21.0. The molecule has 146 valence electrons. The standard InChI is InChI=1S/C18H30N4O2S2/c1-15(2,3)11(23)21-13(25)19(9)17(7)18(21,8)22(14(26)20(17)10)12(24)16(4,5)6/h1-10H3. The van der Waals surface area contributed by atoms with Gasteiger partial charge in [0.25, 0.3) is 0 Å². The van der Waals surface area contributed by atoms with Crippen LogP contribution >= 0.6 is 24.4 Å². The average molecular weight is 399 g/mol. The van der Waals surface area contributed by atoms with E-state index >= 15 is 0 Å². The molecule has 0 N–H and O–H groups in total. The highest BCUT2D eigenvalue weighted by Gasteiger charge is 2.73. The van der Waals surface area contributed by atoms with Gasteiger partial charge in [-0.15, -0.1) is 0 Å². The summed E-state index contributed by atoms with van der Waals surface area (Å²) >= 11 is 11.3. The van der Waals surface area contributed by atoms with Crippen molar-refractivity contribution in [2.75, 3.05) is 14.1 Å². The van der Waals surface area contributed by atoms with Gasteiger partial charge in [-0.3, -0.25) is 19.4 Å². The second-order valence-corrected chi connectivity index (χ2v) is 10.2. The second kappa shape index (κ2) is 5.61. The quantitative estimate of drug-likeness (QED) is 0.585. The molecule has 2 saturated heterocycles. The van der Waals surface area contributed by atoms with Crippen molar-refractivity contribution in [2.24, 2.45) is 10.8 Å². The lowest BCUT2D eigenvalue weighted by molar-refractivity contribution is -0.155. The molecule has 8 heteroatoms. The number of hydrogen-bond donors (Lipinski definition) is 0. The number of rotatable bonds is 0. The molecule has 0 saturated carbocycles. The van der Waals surface area contributed by atoms with Crippen LogP contribution < -0.4 is 0 Å². The predicted molar refractivity (Wildman–Crippen MR) is 110 cm³/mol. The molecule has 0 aliphatic carbocycles. The lowest BCUT2D eigenvalue weighted by Gasteiger charge is -2.46. The van der Waals surface area contributed by atoms with Gasteiger partial charge >= 0.3 is 0 Å². The maximum Gasteiger partial charge on any atom is 0.236 e. The minimum atomic E-state index is -1.04. The zero-order valence-electron chi connectivity index (χ0n) is 17.4. The van der Waals surface area contributed by atoms with Crippen molar-refractivity contribution >= 4 is 46.5 Å². The van der Waals surface area contributed by atoms with Crippen LogP contribution in [0, 0.1) is 10.8 Å². The Bertz CT molecular complexity index is 653. The molecule has 26 heavy (non-hydrogen) atoms. The smallest absolute Gasteiger partial charge is 0.236 e. The maximum absolute atomic E-state index is 13.4. The summed E-state index contributed by atoms with van der Waals surface area (Å²) in [6.07, 6.45) is 0. The van der Waals surface area contributed by atoms with Crippen molar-refractivity contribution in [3.8, 4) is 0 Å².